The van der Waals surface area contributed by atoms with E-state index in [4.69, 9.17) is 5.11 Å². The highest BCUT2D eigenvalue weighted by atomic mass is 32.2. The van der Waals surface area contributed by atoms with Crippen molar-refractivity contribution in [3.8, 4) is 0 Å². The van der Waals surface area contributed by atoms with Crippen LogP contribution in [0.3, 0.4) is 0 Å². The maximum atomic E-state index is 14.5. The molecule has 7 nitrogen and oxygen atoms in total. The number of halogens is 1. The third kappa shape index (κ3) is 2.95. The molecule has 0 saturated heterocycles. The number of rotatable bonds is 2. The molecule has 0 spiro atoms. The topological polar surface area (TPSA) is 105 Å². The number of non-ortho nitro benzene ring substituents is 1. The molecule has 2 aliphatic rings. The Balaban J connectivity index is 2.13. The molecular weight excluding hydrogens is 337 g/mol. The van der Waals surface area contributed by atoms with E-state index in [0.29, 0.717) is 12.2 Å². The average Bonchev–Trinajstić information content (AvgIpc) is 2.54. The Morgan fingerprint density at radius 1 is 1.50 bits per heavy atom. The number of aliphatic imine (C=N–C) groups is 1. The first-order valence-corrected chi connectivity index (χ1v) is 8.58. The summed E-state index contributed by atoms with van der Waals surface area (Å²) in [4.78, 5) is 25.9. The van der Waals surface area contributed by atoms with Crippen molar-refractivity contribution in [3.63, 3.8) is 0 Å². The van der Waals surface area contributed by atoms with Crippen LogP contribution in [0.5, 0.6) is 0 Å². The molecule has 1 aromatic rings. The summed E-state index contributed by atoms with van der Waals surface area (Å²) >= 11 is 1.29. The average molecular weight is 353 g/mol. The van der Waals surface area contributed by atoms with Crippen molar-refractivity contribution in [2.45, 2.75) is 31.2 Å². The van der Waals surface area contributed by atoms with Gasteiger partial charge in [-0.15, -0.1) is 0 Å². The van der Waals surface area contributed by atoms with Gasteiger partial charge in [-0.3, -0.25) is 20.4 Å². The zero-order valence-corrected chi connectivity index (χ0v) is 13.5. The van der Waals surface area contributed by atoms with Gasteiger partial charge in [-0.1, -0.05) is 24.6 Å². The molecule has 2 atom stereocenters. The van der Waals surface area contributed by atoms with Gasteiger partial charge in [0.2, 0.25) is 0 Å². The summed E-state index contributed by atoms with van der Waals surface area (Å²) in [5.41, 5.74) is -0.949. The highest BCUT2D eigenvalue weighted by molar-refractivity contribution is 8.13. The SMILES string of the molecule is O=C(O)NC1=NC2(c3cc([N+](=O)[O-])ccc3F)CCCCC2CS1. The summed E-state index contributed by atoms with van der Waals surface area (Å²) in [5, 5.41) is 22.4. The van der Waals surface area contributed by atoms with Crippen LogP contribution in [0.2, 0.25) is 0 Å². The van der Waals surface area contributed by atoms with Crippen LogP contribution in [0.15, 0.2) is 23.2 Å². The normalized spacial score (nSPS) is 26.2. The predicted octanol–water partition coefficient (Wildman–Crippen LogP) is 3.49. The number of nitro groups is 1. The lowest BCUT2D eigenvalue weighted by molar-refractivity contribution is -0.385. The van der Waals surface area contributed by atoms with Crippen molar-refractivity contribution < 1.29 is 19.2 Å². The second kappa shape index (κ2) is 6.39. The molecule has 2 unspecified atom stereocenters. The van der Waals surface area contributed by atoms with Gasteiger partial charge in [0, 0.05) is 23.4 Å². The molecule has 9 heteroatoms. The first-order chi connectivity index (χ1) is 11.4. The third-order valence-corrected chi connectivity index (χ3v) is 5.64. The fraction of sp³-hybridized carbons (Fsp3) is 0.467. The number of hydrogen-bond donors (Lipinski definition) is 2. The summed E-state index contributed by atoms with van der Waals surface area (Å²) in [6.07, 6.45) is 1.94. The van der Waals surface area contributed by atoms with Gasteiger partial charge in [0.15, 0.2) is 5.17 Å². The Bertz CT molecular complexity index is 727. The number of fused-ring (bicyclic) bond motifs is 1. The lowest BCUT2D eigenvalue weighted by atomic mass is 9.69. The zero-order chi connectivity index (χ0) is 17.3. The number of amides is 1. The summed E-state index contributed by atoms with van der Waals surface area (Å²) in [6.45, 7) is 0. The van der Waals surface area contributed by atoms with Gasteiger partial charge in [0.25, 0.3) is 5.69 Å². The summed E-state index contributed by atoms with van der Waals surface area (Å²) in [6, 6.07) is 3.46. The summed E-state index contributed by atoms with van der Waals surface area (Å²) < 4.78 is 14.5. The van der Waals surface area contributed by atoms with Crippen molar-refractivity contribution in [2.24, 2.45) is 10.9 Å². The van der Waals surface area contributed by atoms with Crippen LogP contribution >= 0.6 is 11.8 Å². The molecule has 3 rings (SSSR count). The zero-order valence-electron chi connectivity index (χ0n) is 12.7. The van der Waals surface area contributed by atoms with Crippen LogP contribution in [-0.2, 0) is 5.54 Å². The Kier molecular flexibility index (Phi) is 4.44. The number of thioether (sulfide) groups is 1. The molecule has 0 aromatic heterocycles. The fourth-order valence-corrected chi connectivity index (χ4v) is 4.71. The van der Waals surface area contributed by atoms with Crippen molar-refractivity contribution in [1.82, 2.24) is 5.32 Å². The number of carboxylic acid groups (broad SMARTS) is 1. The van der Waals surface area contributed by atoms with E-state index in [9.17, 15) is 19.3 Å². The van der Waals surface area contributed by atoms with Gasteiger partial charge in [-0.25, -0.2) is 9.18 Å². The van der Waals surface area contributed by atoms with Crippen LogP contribution in [0.4, 0.5) is 14.9 Å². The highest BCUT2D eigenvalue weighted by Gasteiger charge is 2.47. The van der Waals surface area contributed by atoms with Gasteiger partial charge in [0.1, 0.15) is 5.82 Å². The van der Waals surface area contributed by atoms with E-state index in [0.717, 1.165) is 31.4 Å². The van der Waals surface area contributed by atoms with E-state index < -0.39 is 22.4 Å². The number of nitro benzene ring substituents is 1. The van der Waals surface area contributed by atoms with E-state index in [1.54, 1.807) is 0 Å². The lowest BCUT2D eigenvalue weighted by Crippen LogP contribution is -2.44. The van der Waals surface area contributed by atoms with Crippen LogP contribution in [-0.4, -0.2) is 27.0 Å². The van der Waals surface area contributed by atoms with Gasteiger partial charge in [-0.05, 0) is 24.8 Å². The molecule has 2 N–H and O–H groups in total. The minimum atomic E-state index is -1.23. The molecule has 1 aromatic carbocycles. The number of nitrogens with one attached hydrogen (secondary N) is 1. The Hall–Kier alpha value is -2.16. The first kappa shape index (κ1) is 16.7. The van der Waals surface area contributed by atoms with Crippen LogP contribution in [0, 0.1) is 21.8 Å². The molecule has 24 heavy (non-hydrogen) atoms. The van der Waals surface area contributed by atoms with Gasteiger partial charge in [0.05, 0.1) is 10.5 Å². The van der Waals surface area contributed by atoms with Crippen molar-refractivity contribution >= 4 is 28.7 Å². The summed E-state index contributed by atoms with van der Waals surface area (Å²) in [7, 11) is 0. The van der Waals surface area contributed by atoms with E-state index in [-0.39, 0.29) is 22.3 Å². The molecular formula is C15H16FN3O4S. The number of benzene rings is 1. The first-order valence-electron chi connectivity index (χ1n) is 7.59. The van der Waals surface area contributed by atoms with Gasteiger partial charge < -0.3 is 5.11 Å². The van der Waals surface area contributed by atoms with E-state index in [2.05, 4.69) is 10.3 Å². The molecule has 0 radical (unpaired) electrons. The van der Waals surface area contributed by atoms with Crippen molar-refractivity contribution in [1.29, 1.82) is 0 Å². The smallest absolute Gasteiger partial charge is 0.410 e. The minimum Gasteiger partial charge on any atom is -0.465 e. The van der Waals surface area contributed by atoms with E-state index in [1.807, 2.05) is 0 Å². The van der Waals surface area contributed by atoms with Crippen LogP contribution in [0.1, 0.15) is 31.2 Å². The predicted molar refractivity (Wildman–Crippen MR) is 87.7 cm³/mol. The minimum absolute atomic E-state index is 0.0205. The van der Waals surface area contributed by atoms with E-state index in [1.165, 1.54) is 17.8 Å². The molecule has 0 bridgehead atoms. The largest absolute Gasteiger partial charge is 0.465 e. The standard InChI is InChI=1S/C15H16FN3O4S/c16-12-5-4-10(19(22)23)7-11(12)15-6-2-1-3-9(15)8-24-13(18-15)17-14(20)21/h4-5,7,9H,1-3,6,8H2,(H,17,18)(H,20,21). The number of amidine groups is 1. The molecule has 1 aliphatic heterocycles. The van der Waals surface area contributed by atoms with Crippen molar-refractivity contribution in [3.05, 3.63) is 39.7 Å². The van der Waals surface area contributed by atoms with Crippen LogP contribution in [0.25, 0.3) is 0 Å². The molecule has 1 fully saturated rings. The highest BCUT2D eigenvalue weighted by Crippen LogP contribution is 2.50. The monoisotopic (exact) mass is 353 g/mol. The molecule has 128 valence electrons. The van der Waals surface area contributed by atoms with Gasteiger partial charge >= 0.3 is 6.09 Å². The third-order valence-electron chi connectivity index (χ3n) is 4.60. The number of nitrogens with zero attached hydrogens (tertiary/aromatic N) is 2. The van der Waals surface area contributed by atoms with E-state index >= 15 is 0 Å². The Labute approximate surface area is 141 Å². The summed E-state index contributed by atoms with van der Waals surface area (Å²) in [5.74, 6) is 0.0752. The molecule has 1 aliphatic carbocycles. The molecule has 1 saturated carbocycles. The quantitative estimate of drug-likeness (QED) is 0.625. The van der Waals surface area contributed by atoms with Crippen LogP contribution < -0.4 is 5.32 Å². The molecule has 1 heterocycles. The second-order valence-electron chi connectivity index (χ2n) is 5.95. The number of carbonyl (C=O) groups is 1. The number of hydrogen-bond acceptors (Lipinski definition) is 5. The maximum absolute atomic E-state index is 14.5. The van der Waals surface area contributed by atoms with Gasteiger partial charge in [-0.2, -0.15) is 0 Å². The maximum Gasteiger partial charge on any atom is 0.410 e. The second-order valence-corrected chi connectivity index (χ2v) is 6.96. The fourth-order valence-electron chi connectivity index (χ4n) is 3.52. The molecule has 1 amide bonds. The Morgan fingerprint density at radius 2 is 2.29 bits per heavy atom. The lowest BCUT2D eigenvalue weighted by Gasteiger charge is -2.44. The van der Waals surface area contributed by atoms with Crippen molar-refractivity contribution in [2.75, 3.05) is 5.75 Å². The Morgan fingerprint density at radius 3 is 3.00 bits per heavy atom.